The molecule has 2 saturated heterocycles. The average molecular weight is 827 g/mol. The fraction of sp³-hybridized carbons (Fsp3) is 0.522. The van der Waals surface area contributed by atoms with Gasteiger partial charge in [-0.25, -0.2) is 4.98 Å². The summed E-state index contributed by atoms with van der Waals surface area (Å²) in [6.45, 7) is 0.145. The van der Waals surface area contributed by atoms with Gasteiger partial charge in [-0.3, -0.25) is 18.9 Å². The lowest BCUT2D eigenvalue weighted by atomic mass is 9.94. The molecule has 2 unspecified atom stereocenters. The summed E-state index contributed by atoms with van der Waals surface area (Å²) >= 11 is 1.46. The smallest absolute Gasteiger partial charge is 0.306 e. The van der Waals surface area contributed by atoms with Gasteiger partial charge in [0.05, 0.1) is 48.6 Å². The molecule has 2 aromatic carbocycles. The number of Topliss-reactive ketones (excluding diaryl/α,β-unsaturated/α-hetero) is 1. The van der Waals surface area contributed by atoms with Gasteiger partial charge in [-0.05, 0) is 74.4 Å². The van der Waals surface area contributed by atoms with Crippen LogP contribution in [-0.2, 0) is 29.8 Å². The first kappa shape index (κ1) is 40.7. The van der Waals surface area contributed by atoms with Crippen molar-refractivity contribution in [3.63, 3.8) is 0 Å². The number of pyridine rings is 1. The molecular formula is C46H55N2O8PS. The van der Waals surface area contributed by atoms with Crippen molar-refractivity contribution in [3.8, 4) is 22.8 Å². The maximum absolute atomic E-state index is 14.9. The molecule has 12 heteroatoms. The topological polar surface area (TPSA) is 132 Å². The summed E-state index contributed by atoms with van der Waals surface area (Å²) in [5, 5.41) is 1.66. The van der Waals surface area contributed by atoms with Gasteiger partial charge in [0.1, 0.15) is 23.7 Å². The predicted octanol–water partition coefficient (Wildman–Crippen LogP) is 9.75. The van der Waals surface area contributed by atoms with Gasteiger partial charge in [0.15, 0.2) is 5.78 Å². The molecule has 2 saturated carbocycles. The van der Waals surface area contributed by atoms with Crippen molar-refractivity contribution in [2.75, 3.05) is 13.7 Å². The lowest BCUT2D eigenvalue weighted by molar-refractivity contribution is -0.154. The molecule has 4 aliphatic rings. The molecule has 1 amide bonds. The number of methoxy groups -OCH3 is 1. The minimum atomic E-state index is -3.83. The molecule has 10 nitrogen and oxygen atoms in total. The highest BCUT2D eigenvalue weighted by Gasteiger charge is 2.65. The number of fused-ring (bicyclic) bond motifs is 3. The Balaban J connectivity index is 1.12. The van der Waals surface area contributed by atoms with Crippen LogP contribution in [0, 0.1) is 11.8 Å². The Morgan fingerprint density at radius 2 is 1.69 bits per heavy atom. The molecule has 308 valence electrons. The number of ether oxygens (including phenoxy) is 3. The summed E-state index contributed by atoms with van der Waals surface area (Å²) in [5.41, 5.74) is 2.31. The quantitative estimate of drug-likeness (QED) is 0.123. The predicted molar refractivity (Wildman–Crippen MR) is 225 cm³/mol. The third-order valence-corrected chi connectivity index (χ3v) is 17.0. The van der Waals surface area contributed by atoms with Gasteiger partial charge in [0, 0.05) is 46.7 Å². The second kappa shape index (κ2) is 17.7. The fourth-order valence-electron chi connectivity index (χ4n) is 9.77. The molecule has 4 heterocycles. The van der Waals surface area contributed by atoms with Gasteiger partial charge in [-0.15, -0.1) is 11.3 Å². The van der Waals surface area contributed by atoms with E-state index in [0.717, 1.165) is 80.0 Å². The molecule has 4 fully saturated rings. The van der Waals surface area contributed by atoms with Gasteiger partial charge in [0.2, 0.25) is 13.3 Å². The number of carbonyl (C=O) groups is 3. The van der Waals surface area contributed by atoms with Crippen LogP contribution in [0.15, 0.2) is 72.1 Å². The zero-order valence-corrected chi connectivity index (χ0v) is 35.1. The number of carbonyl (C=O) groups excluding carboxylic acids is 3. The molecule has 4 aromatic rings. The van der Waals surface area contributed by atoms with Crippen LogP contribution in [0.4, 0.5) is 0 Å². The molecule has 6 atom stereocenters. The highest BCUT2D eigenvalue weighted by atomic mass is 32.1. The minimum absolute atomic E-state index is 0.0235. The molecule has 0 radical (unpaired) electrons. The van der Waals surface area contributed by atoms with Crippen molar-refractivity contribution in [1.29, 1.82) is 0 Å². The summed E-state index contributed by atoms with van der Waals surface area (Å²) in [7, 11) is -2.21. The number of amides is 1. The van der Waals surface area contributed by atoms with Crippen LogP contribution in [0.3, 0.4) is 0 Å². The van der Waals surface area contributed by atoms with Crippen molar-refractivity contribution >= 4 is 47.3 Å². The summed E-state index contributed by atoms with van der Waals surface area (Å²) in [6, 6.07) is 20.3. The second-order valence-corrected chi connectivity index (χ2v) is 20.6. The number of esters is 1. The van der Waals surface area contributed by atoms with E-state index < -0.39 is 30.6 Å². The molecular weight excluding hydrogens is 772 g/mol. The van der Waals surface area contributed by atoms with Crippen LogP contribution in [0.25, 0.3) is 22.2 Å². The van der Waals surface area contributed by atoms with E-state index in [0.29, 0.717) is 35.6 Å². The minimum Gasteiger partial charge on any atom is -0.497 e. The zero-order chi connectivity index (χ0) is 40.3. The Bertz CT molecular complexity index is 2140. The average Bonchev–Trinajstić information content (AvgIpc) is 3.68. The molecule has 2 aliphatic carbocycles. The van der Waals surface area contributed by atoms with Crippen molar-refractivity contribution in [1.82, 2.24) is 9.88 Å². The van der Waals surface area contributed by atoms with Crippen LogP contribution >= 0.6 is 18.7 Å². The van der Waals surface area contributed by atoms with Crippen molar-refractivity contribution in [2.24, 2.45) is 11.8 Å². The van der Waals surface area contributed by atoms with Gasteiger partial charge in [-0.2, -0.15) is 0 Å². The zero-order valence-electron chi connectivity index (χ0n) is 33.4. The fourth-order valence-corrected chi connectivity index (χ4v) is 13.5. The number of nitrogens with zero attached hydrogens (tertiary/aromatic N) is 2. The maximum atomic E-state index is 14.9. The van der Waals surface area contributed by atoms with Crippen LogP contribution in [-0.4, -0.2) is 69.5 Å². The second-order valence-electron chi connectivity index (χ2n) is 17.0. The number of thiophene rings is 1. The Hall–Kier alpha value is -4.05. The van der Waals surface area contributed by atoms with E-state index in [9.17, 15) is 23.8 Å². The Labute approximate surface area is 345 Å². The first-order chi connectivity index (χ1) is 28.1. The third-order valence-electron chi connectivity index (χ3n) is 13.1. The lowest BCUT2D eigenvalue weighted by Gasteiger charge is -2.30. The van der Waals surface area contributed by atoms with E-state index in [4.69, 9.17) is 19.2 Å². The SMILES string of the molecule is COc1ccc2c(O[C@@H]3C[C@H]4C(=O)C[C@]5(P(=O)(O)Cc6cccs6)C[C@@H]5CCCCCCCC(CC(=O)OC5CCCC5)C(=O)N4C3)cc(-c3ccccc3)nc2c1. The highest BCUT2D eigenvalue weighted by Crippen LogP contribution is 2.75. The van der Waals surface area contributed by atoms with Gasteiger partial charge in [-0.1, -0.05) is 68.5 Å². The molecule has 0 bridgehead atoms. The van der Waals surface area contributed by atoms with Crippen molar-refractivity contribution < 1.29 is 38.1 Å². The lowest BCUT2D eigenvalue weighted by Crippen LogP contribution is -2.45. The van der Waals surface area contributed by atoms with Crippen molar-refractivity contribution in [3.05, 3.63) is 77.0 Å². The molecule has 8 rings (SSSR count). The van der Waals surface area contributed by atoms with E-state index >= 15 is 0 Å². The third kappa shape index (κ3) is 8.92. The maximum Gasteiger partial charge on any atom is 0.306 e. The van der Waals surface area contributed by atoms with Gasteiger partial charge >= 0.3 is 5.97 Å². The van der Waals surface area contributed by atoms with E-state index in [2.05, 4.69) is 0 Å². The number of benzene rings is 2. The summed E-state index contributed by atoms with van der Waals surface area (Å²) < 4.78 is 32.7. The largest absolute Gasteiger partial charge is 0.497 e. The highest BCUT2D eigenvalue weighted by molar-refractivity contribution is 7.59. The first-order valence-corrected chi connectivity index (χ1v) is 23.9. The summed E-state index contributed by atoms with van der Waals surface area (Å²) in [4.78, 5) is 62.4. The number of aromatic nitrogens is 1. The van der Waals surface area contributed by atoms with Crippen LogP contribution < -0.4 is 9.47 Å². The number of rotatable bonds is 10. The van der Waals surface area contributed by atoms with E-state index in [1.807, 2.05) is 72.1 Å². The standard InChI is InChI=1S/C46H55N2O8PS/c1-54-35-20-21-38-40(24-35)47-39(31-13-7-5-8-14-31)26-43(38)55-36-25-41-42(49)28-46(57(52,53)30-37-19-12-22-58-37)27-33(46)16-9-4-2-3-6-15-32(45(51)48(41)29-36)23-44(50)56-34-17-10-11-18-34/h5,7-8,12-14,19-22,24,26,32-34,36,41H,2-4,6,9-11,15-18,23,25,27-30H2,1H3,(H,52,53)/t32?,33-,36+,41-,46+/m0/s1. The van der Waals surface area contributed by atoms with E-state index in [1.165, 1.54) is 11.3 Å². The van der Waals surface area contributed by atoms with E-state index in [-0.39, 0.29) is 61.7 Å². The van der Waals surface area contributed by atoms with Crippen LogP contribution in [0.5, 0.6) is 11.5 Å². The number of ketones is 1. The Kier molecular flexibility index (Phi) is 12.4. The normalized spacial score (nSPS) is 26.9. The van der Waals surface area contributed by atoms with Crippen molar-refractivity contribution in [2.45, 2.75) is 126 Å². The molecule has 58 heavy (non-hydrogen) atoms. The summed E-state index contributed by atoms with van der Waals surface area (Å²) in [5.74, 6) is -0.251. The molecule has 0 spiro atoms. The summed E-state index contributed by atoms with van der Waals surface area (Å²) in [6.07, 6.45) is 9.73. The Morgan fingerprint density at radius 1 is 0.931 bits per heavy atom. The first-order valence-electron chi connectivity index (χ1n) is 21.2. The number of hydrogen-bond donors (Lipinski definition) is 1. The molecule has 2 aromatic heterocycles. The number of hydrogen-bond acceptors (Lipinski definition) is 9. The van der Waals surface area contributed by atoms with Crippen LogP contribution in [0.1, 0.15) is 101 Å². The molecule has 1 N–H and O–H groups in total. The molecule has 2 aliphatic heterocycles. The van der Waals surface area contributed by atoms with Gasteiger partial charge in [0.25, 0.3) is 0 Å². The van der Waals surface area contributed by atoms with Crippen LogP contribution in [0.2, 0.25) is 0 Å². The van der Waals surface area contributed by atoms with Gasteiger partial charge < -0.3 is 24.0 Å². The van der Waals surface area contributed by atoms with E-state index in [1.54, 1.807) is 12.0 Å². The monoisotopic (exact) mass is 826 g/mol. The Morgan fingerprint density at radius 3 is 2.45 bits per heavy atom.